The topological polar surface area (TPSA) is 104 Å². The van der Waals surface area contributed by atoms with Gasteiger partial charge in [-0.25, -0.2) is 14.3 Å². The van der Waals surface area contributed by atoms with Gasteiger partial charge < -0.3 is 5.11 Å². The lowest BCUT2D eigenvalue weighted by Gasteiger charge is -1.98. The molecule has 0 unspecified atom stereocenters. The van der Waals surface area contributed by atoms with Gasteiger partial charge in [0.25, 0.3) is 0 Å². The SMILES string of the molecule is [N-]=[N+]=NCc1cccc2c1ncn2C(=O)O. The molecule has 16 heavy (non-hydrogen) atoms. The van der Waals surface area contributed by atoms with Crippen LogP contribution in [0.1, 0.15) is 5.56 Å². The molecule has 1 heterocycles. The third-order valence-corrected chi connectivity index (χ3v) is 2.17. The van der Waals surface area contributed by atoms with Crippen molar-refractivity contribution in [3.63, 3.8) is 0 Å². The largest absolute Gasteiger partial charge is 0.464 e. The first kappa shape index (κ1) is 10.0. The van der Waals surface area contributed by atoms with E-state index in [1.807, 2.05) is 0 Å². The van der Waals surface area contributed by atoms with Crippen LogP contribution in [0, 0.1) is 0 Å². The number of imidazole rings is 1. The van der Waals surface area contributed by atoms with Gasteiger partial charge in [-0.2, -0.15) is 0 Å². The maximum Gasteiger partial charge on any atom is 0.417 e. The molecule has 0 bridgehead atoms. The molecule has 2 rings (SSSR count). The summed E-state index contributed by atoms with van der Waals surface area (Å²) in [7, 11) is 0. The van der Waals surface area contributed by atoms with Crippen LogP contribution in [0.2, 0.25) is 0 Å². The lowest BCUT2D eigenvalue weighted by Crippen LogP contribution is -2.05. The number of aromatic nitrogens is 2. The number of hydrogen-bond donors (Lipinski definition) is 1. The summed E-state index contributed by atoms with van der Waals surface area (Å²) in [5.74, 6) is 0. The maximum absolute atomic E-state index is 10.8. The predicted molar refractivity (Wildman–Crippen MR) is 56.0 cm³/mol. The van der Waals surface area contributed by atoms with Crippen LogP contribution in [0.5, 0.6) is 0 Å². The number of hydrogen-bond acceptors (Lipinski definition) is 3. The molecule has 0 spiro atoms. The van der Waals surface area contributed by atoms with E-state index in [9.17, 15) is 4.79 Å². The van der Waals surface area contributed by atoms with Crippen LogP contribution in [-0.2, 0) is 6.54 Å². The van der Waals surface area contributed by atoms with Crippen LogP contribution in [0.25, 0.3) is 21.5 Å². The first-order chi connectivity index (χ1) is 7.74. The third kappa shape index (κ3) is 1.55. The molecule has 1 aromatic heterocycles. The summed E-state index contributed by atoms with van der Waals surface area (Å²) in [5, 5.41) is 12.3. The van der Waals surface area contributed by atoms with Gasteiger partial charge in [0, 0.05) is 4.91 Å². The average molecular weight is 217 g/mol. The Kier molecular flexibility index (Phi) is 2.45. The monoisotopic (exact) mass is 217 g/mol. The summed E-state index contributed by atoms with van der Waals surface area (Å²) in [6, 6.07) is 5.10. The summed E-state index contributed by atoms with van der Waals surface area (Å²) in [6.45, 7) is 0.157. The van der Waals surface area contributed by atoms with E-state index in [4.69, 9.17) is 10.6 Å². The Morgan fingerprint density at radius 3 is 3.12 bits per heavy atom. The van der Waals surface area contributed by atoms with Crippen molar-refractivity contribution in [2.24, 2.45) is 5.11 Å². The van der Waals surface area contributed by atoms with Crippen molar-refractivity contribution in [1.82, 2.24) is 9.55 Å². The summed E-state index contributed by atoms with van der Waals surface area (Å²) < 4.78 is 1.02. The number of nitrogens with zero attached hydrogens (tertiary/aromatic N) is 5. The Bertz CT molecular complexity index is 597. The predicted octanol–water partition coefficient (Wildman–Crippen LogP) is 2.37. The standard InChI is InChI=1S/C9H7N5O2/c10-13-12-4-6-2-1-3-7-8(6)11-5-14(7)9(15)16/h1-3,5H,4H2,(H,15,16). The zero-order chi connectivity index (χ0) is 11.5. The van der Waals surface area contributed by atoms with Gasteiger partial charge in [-0.3, -0.25) is 0 Å². The highest BCUT2D eigenvalue weighted by Crippen LogP contribution is 2.18. The first-order valence-electron chi connectivity index (χ1n) is 4.43. The molecule has 2 aromatic rings. The second-order valence-corrected chi connectivity index (χ2v) is 3.07. The van der Waals surface area contributed by atoms with E-state index >= 15 is 0 Å². The van der Waals surface area contributed by atoms with Gasteiger partial charge in [-0.05, 0) is 17.2 Å². The number of para-hydroxylation sites is 1. The minimum absolute atomic E-state index is 0.157. The highest BCUT2D eigenvalue weighted by molar-refractivity contribution is 5.87. The van der Waals surface area contributed by atoms with Crippen molar-refractivity contribution < 1.29 is 9.90 Å². The molecule has 0 radical (unpaired) electrons. The van der Waals surface area contributed by atoms with E-state index < -0.39 is 6.09 Å². The first-order valence-corrected chi connectivity index (χ1v) is 4.43. The molecule has 0 aliphatic rings. The Morgan fingerprint density at radius 1 is 1.62 bits per heavy atom. The summed E-state index contributed by atoms with van der Waals surface area (Å²) in [5.41, 5.74) is 9.96. The number of azide groups is 1. The minimum atomic E-state index is -1.09. The van der Waals surface area contributed by atoms with Crippen molar-refractivity contribution in [2.75, 3.05) is 0 Å². The Morgan fingerprint density at radius 2 is 2.44 bits per heavy atom. The molecule has 0 aliphatic carbocycles. The third-order valence-electron chi connectivity index (χ3n) is 2.17. The van der Waals surface area contributed by atoms with Crippen molar-refractivity contribution in [3.05, 3.63) is 40.5 Å². The maximum atomic E-state index is 10.8. The molecule has 0 saturated carbocycles. The zero-order valence-corrected chi connectivity index (χ0v) is 8.11. The lowest BCUT2D eigenvalue weighted by atomic mass is 10.2. The van der Waals surface area contributed by atoms with Crippen LogP contribution < -0.4 is 0 Å². The van der Waals surface area contributed by atoms with Gasteiger partial charge in [0.15, 0.2) is 0 Å². The molecule has 0 amide bonds. The number of carbonyl (C=O) groups is 1. The number of carboxylic acid groups (broad SMARTS) is 1. The van der Waals surface area contributed by atoms with E-state index in [0.717, 1.165) is 4.57 Å². The fraction of sp³-hybridized carbons (Fsp3) is 0.111. The van der Waals surface area contributed by atoms with Crippen LogP contribution in [0.4, 0.5) is 4.79 Å². The molecule has 0 fully saturated rings. The smallest absolute Gasteiger partial charge is 0.417 e. The molecule has 1 N–H and O–H groups in total. The zero-order valence-electron chi connectivity index (χ0n) is 8.11. The van der Waals surface area contributed by atoms with Gasteiger partial charge in [-0.1, -0.05) is 17.2 Å². The van der Waals surface area contributed by atoms with Crippen molar-refractivity contribution in [3.8, 4) is 0 Å². The second kappa shape index (κ2) is 3.92. The van der Waals surface area contributed by atoms with E-state index in [1.54, 1.807) is 18.2 Å². The van der Waals surface area contributed by atoms with Gasteiger partial charge in [0.1, 0.15) is 6.33 Å². The molecule has 0 atom stereocenters. The Balaban J connectivity index is 2.61. The van der Waals surface area contributed by atoms with Crippen molar-refractivity contribution >= 4 is 17.1 Å². The minimum Gasteiger partial charge on any atom is -0.464 e. The summed E-state index contributed by atoms with van der Waals surface area (Å²) in [6.07, 6.45) is 0.135. The number of rotatable bonds is 2. The van der Waals surface area contributed by atoms with Crippen LogP contribution in [0.3, 0.4) is 0 Å². The molecule has 1 aromatic carbocycles. The van der Waals surface area contributed by atoms with Crippen LogP contribution >= 0.6 is 0 Å². The quantitative estimate of drug-likeness (QED) is 0.474. The molecule has 0 aliphatic heterocycles. The van der Waals surface area contributed by atoms with E-state index in [1.165, 1.54) is 6.33 Å². The molecular weight excluding hydrogens is 210 g/mol. The van der Waals surface area contributed by atoms with Gasteiger partial charge >= 0.3 is 6.09 Å². The van der Waals surface area contributed by atoms with Crippen molar-refractivity contribution in [1.29, 1.82) is 0 Å². The normalized spacial score (nSPS) is 10.0. The Labute approximate surface area is 89.6 Å². The highest BCUT2D eigenvalue weighted by atomic mass is 16.4. The summed E-state index contributed by atoms with van der Waals surface area (Å²) >= 11 is 0. The molecule has 80 valence electrons. The van der Waals surface area contributed by atoms with Gasteiger partial charge in [-0.15, -0.1) is 0 Å². The number of fused-ring (bicyclic) bond motifs is 1. The average Bonchev–Trinajstić information content (AvgIpc) is 2.70. The van der Waals surface area contributed by atoms with E-state index in [2.05, 4.69) is 15.0 Å². The van der Waals surface area contributed by atoms with Crippen LogP contribution in [0.15, 0.2) is 29.6 Å². The van der Waals surface area contributed by atoms with Gasteiger partial charge in [0.05, 0.1) is 17.6 Å². The van der Waals surface area contributed by atoms with E-state index in [0.29, 0.717) is 16.6 Å². The molecule has 7 nitrogen and oxygen atoms in total. The van der Waals surface area contributed by atoms with E-state index in [-0.39, 0.29) is 6.54 Å². The Hall–Kier alpha value is -2.53. The van der Waals surface area contributed by atoms with Crippen molar-refractivity contribution in [2.45, 2.75) is 6.54 Å². The van der Waals surface area contributed by atoms with Crippen LogP contribution in [-0.4, -0.2) is 20.8 Å². The fourth-order valence-corrected chi connectivity index (χ4v) is 1.49. The van der Waals surface area contributed by atoms with Gasteiger partial charge in [0.2, 0.25) is 0 Å². The molecule has 7 heteroatoms. The second-order valence-electron chi connectivity index (χ2n) is 3.07. The highest BCUT2D eigenvalue weighted by Gasteiger charge is 2.10. The lowest BCUT2D eigenvalue weighted by molar-refractivity contribution is 0.197. The number of benzene rings is 1. The summed E-state index contributed by atoms with van der Waals surface area (Å²) in [4.78, 5) is 17.5. The molecule has 0 saturated heterocycles. The molecular formula is C9H7N5O2. The fourth-order valence-electron chi connectivity index (χ4n) is 1.49.